The van der Waals surface area contributed by atoms with Crippen molar-refractivity contribution >= 4 is 5.97 Å². The van der Waals surface area contributed by atoms with Crippen LogP contribution >= 0.6 is 0 Å². The van der Waals surface area contributed by atoms with Gasteiger partial charge in [0.05, 0.1) is 6.42 Å². The second kappa shape index (κ2) is 6.02. The smallest absolute Gasteiger partial charge is 0.304 e. The van der Waals surface area contributed by atoms with E-state index in [0.717, 1.165) is 5.92 Å². The van der Waals surface area contributed by atoms with Crippen LogP contribution in [0.3, 0.4) is 0 Å². The highest BCUT2D eigenvalue weighted by Gasteiger charge is 2.22. The zero-order valence-corrected chi connectivity index (χ0v) is 8.96. The summed E-state index contributed by atoms with van der Waals surface area (Å²) in [5.74, 6) is 0.0545. The average molecular weight is 199 g/mol. The van der Waals surface area contributed by atoms with Gasteiger partial charge in [0, 0.05) is 12.6 Å². The first-order valence-corrected chi connectivity index (χ1v) is 5.69. The van der Waals surface area contributed by atoms with Crippen LogP contribution in [-0.4, -0.2) is 23.7 Å². The molecule has 0 bridgehead atoms. The minimum Gasteiger partial charge on any atom is -0.481 e. The topological polar surface area (TPSA) is 49.3 Å². The van der Waals surface area contributed by atoms with Crippen LogP contribution in [0.25, 0.3) is 0 Å². The fraction of sp³-hybridized carbons (Fsp3) is 0.909. The highest BCUT2D eigenvalue weighted by molar-refractivity contribution is 5.66. The monoisotopic (exact) mass is 199 g/mol. The Kier molecular flexibility index (Phi) is 4.94. The molecule has 1 aliphatic carbocycles. The lowest BCUT2D eigenvalue weighted by atomic mass is 9.83. The summed E-state index contributed by atoms with van der Waals surface area (Å²) in [6.07, 6.45) is 6.62. The number of rotatable bonds is 5. The van der Waals surface area contributed by atoms with E-state index in [0.29, 0.717) is 12.6 Å². The number of carbonyl (C=O) groups is 1. The molecule has 1 rings (SSSR count). The van der Waals surface area contributed by atoms with Gasteiger partial charge in [0.15, 0.2) is 0 Å². The van der Waals surface area contributed by atoms with Crippen LogP contribution in [0, 0.1) is 5.92 Å². The van der Waals surface area contributed by atoms with Gasteiger partial charge in [-0.1, -0.05) is 26.2 Å². The summed E-state index contributed by atoms with van der Waals surface area (Å²) in [7, 11) is 0. The third-order valence-corrected chi connectivity index (χ3v) is 3.18. The Bertz CT molecular complexity index is 182. The second-order valence-electron chi connectivity index (χ2n) is 4.16. The van der Waals surface area contributed by atoms with Crippen LogP contribution in [0.15, 0.2) is 0 Å². The predicted octanol–water partition coefficient (Wildman–Crippen LogP) is 2.02. The minimum atomic E-state index is -0.707. The maximum absolute atomic E-state index is 10.4. The first-order chi connectivity index (χ1) is 6.74. The Hall–Kier alpha value is -0.570. The van der Waals surface area contributed by atoms with E-state index in [4.69, 9.17) is 5.11 Å². The van der Waals surface area contributed by atoms with Crippen LogP contribution in [0.1, 0.15) is 45.4 Å². The van der Waals surface area contributed by atoms with Crippen molar-refractivity contribution < 1.29 is 9.90 Å². The maximum Gasteiger partial charge on any atom is 0.304 e. The van der Waals surface area contributed by atoms with E-state index < -0.39 is 5.97 Å². The Morgan fingerprint density at radius 3 is 2.79 bits per heavy atom. The summed E-state index contributed by atoms with van der Waals surface area (Å²) in [4.78, 5) is 10.4. The Morgan fingerprint density at radius 1 is 1.43 bits per heavy atom. The van der Waals surface area contributed by atoms with Gasteiger partial charge in [-0.3, -0.25) is 4.79 Å². The fourth-order valence-electron chi connectivity index (χ4n) is 2.33. The van der Waals surface area contributed by atoms with E-state index in [1.54, 1.807) is 0 Å². The van der Waals surface area contributed by atoms with E-state index in [1.165, 1.54) is 32.1 Å². The van der Waals surface area contributed by atoms with Gasteiger partial charge in [-0.05, 0) is 18.8 Å². The van der Waals surface area contributed by atoms with Crippen molar-refractivity contribution in [3.05, 3.63) is 0 Å². The molecule has 3 heteroatoms. The molecule has 1 aliphatic rings. The number of nitrogens with one attached hydrogen (secondary N) is 1. The molecule has 0 amide bonds. The van der Waals surface area contributed by atoms with Gasteiger partial charge in [-0.25, -0.2) is 0 Å². The molecule has 14 heavy (non-hydrogen) atoms. The highest BCUT2D eigenvalue weighted by atomic mass is 16.4. The van der Waals surface area contributed by atoms with Crippen LogP contribution in [0.5, 0.6) is 0 Å². The number of aliphatic carboxylic acids is 1. The van der Waals surface area contributed by atoms with Crippen molar-refractivity contribution in [2.45, 2.75) is 51.5 Å². The zero-order valence-electron chi connectivity index (χ0n) is 8.96. The molecule has 82 valence electrons. The molecule has 0 heterocycles. The molecule has 0 aromatic carbocycles. The largest absolute Gasteiger partial charge is 0.481 e. The van der Waals surface area contributed by atoms with Gasteiger partial charge in [-0.2, -0.15) is 0 Å². The van der Waals surface area contributed by atoms with E-state index in [9.17, 15) is 4.79 Å². The standard InChI is InChI=1S/C11H21NO2/c1-2-9-5-3-4-6-10(9)12-8-7-11(13)14/h9-10,12H,2-8H2,1H3,(H,13,14). The first kappa shape index (κ1) is 11.5. The normalized spacial score (nSPS) is 27.5. The minimum absolute atomic E-state index is 0.243. The van der Waals surface area contributed by atoms with Crippen molar-refractivity contribution in [2.75, 3.05) is 6.54 Å². The van der Waals surface area contributed by atoms with Gasteiger partial charge < -0.3 is 10.4 Å². The summed E-state index contributed by atoms with van der Waals surface area (Å²) in [5, 5.41) is 11.9. The summed E-state index contributed by atoms with van der Waals surface area (Å²) in [6.45, 7) is 2.85. The summed E-state index contributed by atoms with van der Waals surface area (Å²) >= 11 is 0. The van der Waals surface area contributed by atoms with E-state index in [2.05, 4.69) is 12.2 Å². The van der Waals surface area contributed by atoms with Crippen molar-refractivity contribution in [1.82, 2.24) is 5.32 Å². The molecule has 0 radical (unpaired) electrons. The average Bonchev–Trinajstić information content (AvgIpc) is 2.18. The fourth-order valence-corrected chi connectivity index (χ4v) is 2.33. The van der Waals surface area contributed by atoms with Gasteiger partial charge in [-0.15, -0.1) is 0 Å². The molecular formula is C11H21NO2. The molecule has 2 unspecified atom stereocenters. The molecule has 2 atom stereocenters. The molecular weight excluding hydrogens is 178 g/mol. The SMILES string of the molecule is CCC1CCCCC1NCCC(=O)O. The lowest BCUT2D eigenvalue weighted by Gasteiger charge is -2.31. The molecule has 0 aromatic rings. The van der Waals surface area contributed by atoms with Crippen molar-refractivity contribution in [3.63, 3.8) is 0 Å². The molecule has 3 nitrogen and oxygen atoms in total. The number of carboxylic acid groups (broad SMARTS) is 1. The molecule has 0 saturated heterocycles. The second-order valence-corrected chi connectivity index (χ2v) is 4.16. The van der Waals surface area contributed by atoms with Crippen LogP contribution < -0.4 is 5.32 Å². The van der Waals surface area contributed by atoms with E-state index >= 15 is 0 Å². The van der Waals surface area contributed by atoms with Crippen molar-refractivity contribution in [3.8, 4) is 0 Å². The summed E-state index contributed by atoms with van der Waals surface area (Å²) in [5.41, 5.74) is 0. The highest BCUT2D eigenvalue weighted by Crippen LogP contribution is 2.26. The van der Waals surface area contributed by atoms with Gasteiger partial charge in [0.2, 0.25) is 0 Å². The third-order valence-electron chi connectivity index (χ3n) is 3.18. The lowest BCUT2D eigenvalue weighted by Crippen LogP contribution is -2.39. The van der Waals surface area contributed by atoms with Gasteiger partial charge in [0.1, 0.15) is 0 Å². The van der Waals surface area contributed by atoms with Gasteiger partial charge in [0.25, 0.3) is 0 Å². The Morgan fingerprint density at radius 2 is 2.14 bits per heavy atom. The van der Waals surface area contributed by atoms with Crippen LogP contribution in [0.4, 0.5) is 0 Å². The molecule has 2 N–H and O–H groups in total. The first-order valence-electron chi connectivity index (χ1n) is 5.69. The van der Waals surface area contributed by atoms with Crippen LogP contribution in [0.2, 0.25) is 0 Å². The number of hydrogen-bond donors (Lipinski definition) is 2. The quantitative estimate of drug-likeness (QED) is 0.712. The predicted molar refractivity (Wildman–Crippen MR) is 56.3 cm³/mol. The molecule has 1 saturated carbocycles. The Labute approximate surface area is 85.9 Å². The molecule has 0 aromatic heterocycles. The Balaban J connectivity index is 2.22. The van der Waals surface area contributed by atoms with E-state index in [1.807, 2.05) is 0 Å². The number of carboxylic acids is 1. The molecule has 0 spiro atoms. The number of hydrogen-bond acceptors (Lipinski definition) is 2. The third kappa shape index (κ3) is 3.66. The van der Waals surface area contributed by atoms with Crippen molar-refractivity contribution in [1.29, 1.82) is 0 Å². The van der Waals surface area contributed by atoms with Crippen LogP contribution in [-0.2, 0) is 4.79 Å². The van der Waals surface area contributed by atoms with Gasteiger partial charge >= 0.3 is 5.97 Å². The van der Waals surface area contributed by atoms with Crippen molar-refractivity contribution in [2.24, 2.45) is 5.92 Å². The maximum atomic E-state index is 10.4. The molecule has 1 fully saturated rings. The molecule has 0 aliphatic heterocycles. The summed E-state index contributed by atoms with van der Waals surface area (Å²) in [6, 6.07) is 0.563. The summed E-state index contributed by atoms with van der Waals surface area (Å²) < 4.78 is 0. The zero-order chi connectivity index (χ0) is 10.4. The lowest BCUT2D eigenvalue weighted by molar-refractivity contribution is -0.136. The van der Waals surface area contributed by atoms with E-state index in [-0.39, 0.29) is 6.42 Å².